The molecular weight excluding hydrogens is 717 g/mol. The highest BCUT2D eigenvalue weighted by atomic mass is 28.4. The molecule has 2 N–H and O–H groups in total. The first kappa shape index (κ1) is 38.5. The van der Waals surface area contributed by atoms with Gasteiger partial charge in [-0.3, -0.25) is 19.4 Å². The number of carbonyl (C=O) groups is 2. The second kappa shape index (κ2) is 14.1. The maximum atomic E-state index is 13.8. The number of methoxy groups -OCH3 is 1. The molecule has 1 saturated heterocycles. The number of nitriles is 1. The summed E-state index contributed by atoms with van der Waals surface area (Å²) < 4.78 is 30.2. The average Bonchev–Trinajstić information content (AvgIpc) is 3.60. The third-order valence-corrected chi connectivity index (χ3v) is 16.8. The number of rotatable bonds is 8. The summed E-state index contributed by atoms with van der Waals surface area (Å²) >= 11 is 0. The van der Waals surface area contributed by atoms with Crippen molar-refractivity contribution in [2.45, 2.75) is 109 Å². The van der Waals surface area contributed by atoms with Crippen LogP contribution < -0.4 is 28.7 Å². The molecule has 0 aliphatic carbocycles. The molecule has 13 heteroatoms. The molecule has 7 rings (SSSR count). The van der Waals surface area contributed by atoms with Gasteiger partial charge in [0.05, 0.1) is 31.7 Å². The highest BCUT2D eigenvalue weighted by molar-refractivity contribution is 6.74. The van der Waals surface area contributed by atoms with Crippen molar-refractivity contribution in [1.29, 1.82) is 5.26 Å². The fourth-order valence-corrected chi connectivity index (χ4v) is 9.92. The van der Waals surface area contributed by atoms with Gasteiger partial charge in [0.25, 0.3) is 0 Å². The van der Waals surface area contributed by atoms with Crippen molar-refractivity contribution in [3.05, 3.63) is 69.3 Å². The van der Waals surface area contributed by atoms with Gasteiger partial charge in [0, 0.05) is 47.8 Å². The smallest absolute Gasteiger partial charge is 0.308 e. The number of hydrogen-bond donors (Lipinski definition) is 2. The summed E-state index contributed by atoms with van der Waals surface area (Å²) in [6.45, 7) is 16.2. The fourth-order valence-electron chi connectivity index (χ4n) is 8.89. The van der Waals surface area contributed by atoms with Gasteiger partial charge in [-0.05, 0) is 80.7 Å². The fraction of sp³-hybridized carbons (Fsp3) is 0.500. The summed E-state index contributed by atoms with van der Waals surface area (Å²) in [7, 11) is 1.52. The number of aromatic hydroxyl groups is 1. The van der Waals surface area contributed by atoms with Gasteiger partial charge in [-0.15, -0.1) is 0 Å². The van der Waals surface area contributed by atoms with E-state index < -0.39 is 26.4 Å². The first-order chi connectivity index (χ1) is 26.0. The first-order valence-corrected chi connectivity index (χ1v) is 21.8. The zero-order chi connectivity index (χ0) is 39.7. The second-order valence-electron chi connectivity index (χ2n) is 16.8. The molecule has 0 radical (unpaired) electrons. The molecule has 0 saturated carbocycles. The largest absolute Gasteiger partial charge is 0.544 e. The summed E-state index contributed by atoms with van der Waals surface area (Å²) in [6, 6.07) is 10.3. The number of likely N-dealkylation sites (N-methyl/N-ethyl adjacent to an activating group) is 1. The summed E-state index contributed by atoms with van der Waals surface area (Å²) in [5.74, 6) is 2.03. The number of benzene rings is 3. The predicted molar refractivity (Wildman–Crippen MR) is 208 cm³/mol. The lowest BCUT2D eigenvalue weighted by molar-refractivity contribution is -0.132. The molecule has 5 atom stereocenters. The summed E-state index contributed by atoms with van der Waals surface area (Å²) in [5, 5.41) is 26.0. The number of carbonyl (C=O) groups excluding carboxylic acids is 2. The van der Waals surface area contributed by atoms with Gasteiger partial charge in [0.2, 0.25) is 21.0 Å². The molecule has 1 fully saturated rings. The number of nitrogens with zero attached hydrogens (tertiary/aromatic N) is 3. The maximum absolute atomic E-state index is 13.8. The molecule has 12 nitrogen and oxygen atoms in total. The molecule has 292 valence electrons. The molecule has 55 heavy (non-hydrogen) atoms. The molecule has 0 aromatic heterocycles. The minimum atomic E-state index is -2.02. The Balaban J connectivity index is 1.28. The lowest BCUT2D eigenvalue weighted by atomic mass is 9.71. The number of ether oxygens (including phenoxy) is 4. The van der Waals surface area contributed by atoms with Gasteiger partial charge in [0.1, 0.15) is 17.5 Å². The second-order valence-corrected chi connectivity index (χ2v) is 21.6. The van der Waals surface area contributed by atoms with Crippen LogP contribution in [0.1, 0.15) is 78.7 Å². The molecular formula is C42H52N4O8Si. The minimum Gasteiger partial charge on any atom is -0.544 e. The van der Waals surface area contributed by atoms with Gasteiger partial charge in [-0.2, -0.15) is 5.26 Å². The standard InChI is InChI=1S/C42H52N4O8Si/c1-22-15-26-17-29-31(19-43)46-30(36(45(29)7)34(26)37(49)38(22)50-8)18-28-35(41-40(51-21-52-41)23(2)39(28)53-24(3)47)32(46)20-44-33(48)16-25-11-13-27(14-12-25)54-55(9,10)42(4,5)6/h11-15,29-32,36,49H,16-18,20-21H2,1-10H3,(H,44,48)/t29-,30-,31-,32-,36-/m0/s1. The van der Waals surface area contributed by atoms with E-state index in [0.717, 1.165) is 39.1 Å². The van der Waals surface area contributed by atoms with E-state index in [9.17, 15) is 20.0 Å². The molecule has 4 aliphatic rings. The molecule has 2 bridgehead atoms. The van der Waals surface area contributed by atoms with Crippen molar-refractivity contribution in [3.8, 4) is 40.6 Å². The number of esters is 1. The zero-order valence-corrected chi connectivity index (χ0v) is 34.5. The van der Waals surface area contributed by atoms with Crippen LogP contribution in [0, 0.1) is 25.2 Å². The lowest BCUT2D eigenvalue weighted by Crippen LogP contribution is -2.68. The highest BCUT2D eigenvalue weighted by Crippen LogP contribution is 2.58. The van der Waals surface area contributed by atoms with Crippen LogP contribution in [0.3, 0.4) is 0 Å². The summed E-state index contributed by atoms with van der Waals surface area (Å²) in [6.07, 6.45) is 1.05. The van der Waals surface area contributed by atoms with Crippen LogP contribution in [0.2, 0.25) is 18.1 Å². The van der Waals surface area contributed by atoms with Crippen molar-refractivity contribution >= 4 is 20.2 Å². The van der Waals surface area contributed by atoms with Gasteiger partial charge < -0.3 is 33.8 Å². The number of phenolic OH excluding ortho intramolecular Hbond substituents is 1. The number of hydrogen-bond acceptors (Lipinski definition) is 11. The summed E-state index contributed by atoms with van der Waals surface area (Å²) in [4.78, 5) is 30.8. The monoisotopic (exact) mass is 768 g/mol. The van der Waals surface area contributed by atoms with E-state index >= 15 is 0 Å². The van der Waals surface area contributed by atoms with Crippen LogP contribution in [0.25, 0.3) is 0 Å². The third-order valence-electron chi connectivity index (χ3n) is 12.5. The Kier molecular flexibility index (Phi) is 9.84. The Labute approximate surface area is 324 Å². The van der Waals surface area contributed by atoms with Crippen molar-refractivity contribution in [3.63, 3.8) is 0 Å². The van der Waals surface area contributed by atoms with Crippen molar-refractivity contribution < 1.29 is 38.1 Å². The van der Waals surface area contributed by atoms with Crippen LogP contribution >= 0.6 is 0 Å². The number of phenols is 1. The van der Waals surface area contributed by atoms with Crippen molar-refractivity contribution in [2.24, 2.45) is 0 Å². The lowest BCUT2D eigenvalue weighted by Gasteiger charge is -2.60. The molecule has 0 spiro atoms. The zero-order valence-electron chi connectivity index (χ0n) is 33.5. The molecule has 4 aliphatic heterocycles. The maximum Gasteiger partial charge on any atom is 0.308 e. The SMILES string of the molecule is COc1c(C)cc2c(c1O)[C@@H]1[C@@H]3Cc4c(OC(C)=O)c(C)c5c(c4[C@H](CNC(=O)Cc4ccc(O[Si](C)(C)C(C)(C)C)cc4)N3[C@@H](C#N)[C@H](C2)N1C)OCO5. The minimum absolute atomic E-state index is 0.0140. The predicted octanol–water partition coefficient (Wildman–Crippen LogP) is 6.19. The van der Waals surface area contributed by atoms with E-state index in [0.29, 0.717) is 41.4 Å². The van der Waals surface area contributed by atoms with Crippen LogP contribution in [0.4, 0.5) is 0 Å². The van der Waals surface area contributed by atoms with E-state index in [1.807, 2.05) is 45.2 Å². The van der Waals surface area contributed by atoms with Gasteiger partial charge in [-0.25, -0.2) is 0 Å². The highest BCUT2D eigenvalue weighted by Gasteiger charge is 2.57. The number of aryl methyl sites for hydroxylation is 1. The quantitative estimate of drug-likeness (QED) is 0.154. The van der Waals surface area contributed by atoms with Gasteiger partial charge in [-0.1, -0.05) is 39.0 Å². The molecule has 3 aromatic carbocycles. The Morgan fingerprint density at radius 3 is 2.38 bits per heavy atom. The first-order valence-electron chi connectivity index (χ1n) is 18.9. The summed E-state index contributed by atoms with van der Waals surface area (Å²) in [5.41, 5.74) is 5.51. The number of fused-ring (bicyclic) bond motifs is 9. The number of piperazine rings is 1. The van der Waals surface area contributed by atoms with Crippen LogP contribution in [0.15, 0.2) is 30.3 Å². The van der Waals surface area contributed by atoms with E-state index in [2.05, 4.69) is 61.1 Å². The Bertz CT molecular complexity index is 2090. The Morgan fingerprint density at radius 2 is 1.75 bits per heavy atom. The van der Waals surface area contributed by atoms with Crippen LogP contribution in [-0.4, -0.2) is 80.7 Å². The third kappa shape index (κ3) is 6.47. The van der Waals surface area contributed by atoms with Gasteiger partial charge >= 0.3 is 5.97 Å². The van der Waals surface area contributed by atoms with Crippen LogP contribution in [0.5, 0.6) is 34.5 Å². The Hall–Kier alpha value is -4.77. The van der Waals surface area contributed by atoms with E-state index in [4.69, 9.17) is 23.4 Å². The topological polar surface area (TPSA) is 143 Å². The van der Waals surface area contributed by atoms with Crippen molar-refractivity contribution in [2.75, 3.05) is 27.5 Å². The number of nitrogens with one attached hydrogen (secondary N) is 1. The normalized spacial score (nSPS) is 22.8. The van der Waals surface area contributed by atoms with Crippen LogP contribution in [-0.2, 0) is 28.9 Å². The van der Waals surface area contributed by atoms with Crippen molar-refractivity contribution in [1.82, 2.24) is 15.1 Å². The van der Waals surface area contributed by atoms with Gasteiger partial charge in [0.15, 0.2) is 23.0 Å². The Morgan fingerprint density at radius 1 is 1.05 bits per heavy atom. The van der Waals surface area contributed by atoms with E-state index in [1.54, 1.807) is 7.11 Å². The molecule has 3 aromatic rings. The number of amides is 1. The van der Waals surface area contributed by atoms with E-state index in [1.165, 1.54) is 6.92 Å². The molecule has 4 heterocycles. The average molecular weight is 769 g/mol. The van der Waals surface area contributed by atoms with E-state index in [-0.39, 0.29) is 54.6 Å². The molecule has 0 unspecified atom stereocenters. The molecule has 1 amide bonds.